The summed E-state index contributed by atoms with van der Waals surface area (Å²) < 4.78 is 14.1. The van der Waals surface area contributed by atoms with Crippen molar-refractivity contribution in [3.8, 4) is 0 Å². The molecular formula is C19H27FO. The third-order valence-electron chi connectivity index (χ3n) is 7.72. The minimum Gasteiger partial charge on any atom is -0.296 e. The molecular weight excluding hydrogens is 263 g/mol. The lowest BCUT2D eigenvalue weighted by Crippen LogP contribution is -2.49. The van der Waals surface area contributed by atoms with Crippen LogP contribution in [0.1, 0.15) is 65.2 Å². The summed E-state index contributed by atoms with van der Waals surface area (Å²) in [6.07, 6.45) is 10.2. The summed E-state index contributed by atoms with van der Waals surface area (Å²) in [4.78, 5) is 12.3. The second-order valence-electron chi connectivity index (χ2n) is 8.49. The molecule has 0 radical (unpaired) electrons. The number of Topliss-reactive ketones (excluding diaryl/α,β-unsaturated/α-hetero) is 1. The predicted molar refractivity (Wildman–Crippen MR) is 81.6 cm³/mol. The number of ketones is 1. The van der Waals surface area contributed by atoms with Gasteiger partial charge in [-0.1, -0.05) is 31.9 Å². The fourth-order valence-corrected chi connectivity index (χ4v) is 6.45. The largest absolute Gasteiger partial charge is 0.296 e. The van der Waals surface area contributed by atoms with E-state index >= 15 is 0 Å². The quantitative estimate of drug-likeness (QED) is 0.582. The van der Waals surface area contributed by atoms with Gasteiger partial charge in [0, 0.05) is 5.41 Å². The van der Waals surface area contributed by atoms with Crippen LogP contribution >= 0.6 is 0 Å². The first-order valence-electron chi connectivity index (χ1n) is 8.85. The molecule has 1 nitrogen and oxygen atoms in total. The van der Waals surface area contributed by atoms with E-state index in [9.17, 15) is 9.18 Å². The van der Waals surface area contributed by atoms with Gasteiger partial charge in [0.15, 0.2) is 12.0 Å². The first-order chi connectivity index (χ1) is 9.97. The Balaban J connectivity index is 1.71. The molecule has 4 aliphatic carbocycles. The third kappa shape index (κ3) is 1.71. The highest BCUT2D eigenvalue weighted by Crippen LogP contribution is 2.64. The topological polar surface area (TPSA) is 17.1 Å². The summed E-state index contributed by atoms with van der Waals surface area (Å²) >= 11 is 0. The molecule has 116 valence electrons. The van der Waals surface area contributed by atoms with Crippen molar-refractivity contribution in [2.24, 2.45) is 28.6 Å². The lowest BCUT2D eigenvalue weighted by molar-refractivity contribution is -0.134. The van der Waals surface area contributed by atoms with Gasteiger partial charge in [0.25, 0.3) is 0 Å². The average molecular weight is 290 g/mol. The maximum absolute atomic E-state index is 14.1. The van der Waals surface area contributed by atoms with Crippen molar-refractivity contribution in [2.75, 3.05) is 0 Å². The van der Waals surface area contributed by atoms with Gasteiger partial charge in [-0.05, 0) is 68.1 Å². The number of carbonyl (C=O) groups excluding carboxylic acids is 1. The maximum atomic E-state index is 14.1. The van der Waals surface area contributed by atoms with Crippen LogP contribution in [-0.2, 0) is 4.79 Å². The molecule has 0 aromatic carbocycles. The number of hydrogen-bond acceptors (Lipinski definition) is 1. The van der Waals surface area contributed by atoms with E-state index in [0.717, 1.165) is 19.3 Å². The van der Waals surface area contributed by atoms with E-state index in [1.165, 1.54) is 25.7 Å². The Morgan fingerprint density at radius 2 is 1.95 bits per heavy atom. The molecule has 2 heteroatoms. The van der Waals surface area contributed by atoms with E-state index in [-0.39, 0.29) is 17.1 Å². The van der Waals surface area contributed by atoms with Gasteiger partial charge in [-0.3, -0.25) is 4.79 Å². The van der Waals surface area contributed by atoms with Crippen LogP contribution in [0.25, 0.3) is 0 Å². The predicted octanol–water partition coefficient (Wildman–Crippen LogP) is 4.86. The Hall–Kier alpha value is -0.660. The van der Waals surface area contributed by atoms with Gasteiger partial charge in [0.2, 0.25) is 0 Å². The van der Waals surface area contributed by atoms with E-state index in [0.29, 0.717) is 23.7 Å². The molecule has 21 heavy (non-hydrogen) atoms. The van der Waals surface area contributed by atoms with Gasteiger partial charge in [-0.25, -0.2) is 4.39 Å². The zero-order valence-electron chi connectivity index (χ0n) is 13.3. The average Bonchev–Trinajstić information content (AvgIpc) is 2.70. The van der Waals surface area contributed by atoms with Crippen molar-refractivity contribution < 1.29 is 9.18 Å². The molecule has 0 N–H and O–H groups in total. The van der Waals surface area contributed by atoms with Gasteiger partial charge in [-0.2, -0.15) is 0 Å². The van der Waals surface area contributed by atoms with Gasteiger partial charge in [-0.15, -0.1) is 0 Å². The summed E-state index contributed by atoms with van der Waals surface area (Å²) in [5.41, 5.74) is 1.66. The summed E-state index contributed by atoms with van der Waals surface area (Å²) in [7, 11) is 0. The molecule has 0 aromatic heterocycles. The van der Waals surface area contributed by atoms with Crippen LogP contribution in [-0.4, -0.2) is 12.0 Å². The molecule has 4 rings (SSSR count). The number of carbonyl (C=O) groups is 1. The van der Waals surface area contributed by atoms with Crippen LogP contribution in [0.2, 0.25) is 0 Å². The zero-order chi connectivity index (χ0) is 14.8. The standard InChI is InChI=1S/C19H27FO/c1-18-9-4-3-5-12(18)6-7-13-14(18)8-10-19(2)15(13)11-16(20)17(19)21/h6,13-16H,3-5,7-11H2,1-2H3/t13?,14?,15?,16-,18+,19+/m1/s1. The second-order valence-corrected chi connectivity index (χ2v) is 8.49. The van der Waals surface area contributed by atoms with Crippen molar-refractivity contribution >= 4 is 5.78 Å². The number of rotatable bonds is 0. The third-order valence-corrected chi connectivity index (χ3v) is 7.72. The number of allylic oxidation sites excluding steroid dienone is 2. The molecule has 0 aliphatic heterocycles. The monoisotopic (exact) mass is 290 g/mol. The summed E-state index contributed by atoms with van der Waals surface area (Å²) in [6.45, 7) is 4.51. The molecule has 0 heterocycles. The van der Waals surface area contributed by atoms with Crippen molar-refractivity contribution in [1.29, 1.82) is 0 Å². The van der Waals surface area contributed by atoms with E-state index in [1.807, 2.05) is 0 Å². The molecule has 3 fully saturated rings. The molecule has 0 spiro atoms. The molecule has 0 aromatic rings. The highest BCUT2D eigenvalue weighted by Gasteiger charge is 2.61. The Labute approximate surface area is 127 Å². The lowest BCUT2D eigenvalue weighted by atomic mass is 9.48. The maximum Gasteiger partial charge on any atom is 0.173 e. The first kappa shape index (κ1) is 14.0. The van der Waals surface area contributed by atoms with Crippen molar-refractivity contribution in [1.82, 2.24) is 0 Å². The fraction of sp³-hybridized carbons (Fsp3) is 0.842. The van der Waals surface area contributed by atoms with Gasteiger partial charge < -0.3 is 0 Å². The van der Waals surface area contributed by atoms with Crippen LogP contribution in [0.15, 0.2) is 11.6 Å². The van der Waals surface area contributed by atoms with Gasteiger partial charge >= 0.3 is 0 Å². The summed E-state index contributed by atoms with van der Waals surface area (Å²) in [5, 5.41) is 0. The Kier molecular flexibility index (Phi) is 2.94. The highest BCUT2D eigenvalue weighted by atomic mass is 19.1. The van der Waals surface area contributed by atoms with E-state index in [1.54, 1.807) is 5.57 Å². The van der Waals surface area contributed by atoms with E-state index in [2.05, 4.69) is 19.9 Å². The smallest absolute Gasteiger partial charge is 0.173 e. The number of alkyl halides is 1. The molecule has 0 amide bonds. The van der Waals surface area contributed by atoms with E-state index in [4.69, 9.17) is 0 Å². The highest BCUT2D eigenvalue weighted by molar-refractivity contribution is 5.91. The minimum absolute atomic E-state index is 0.0884. The second kappa shape index (κ2) is 4.43. The molecule has 3 saturated carbocycles. The van der Waals surface area contributed by atoms with Crippen molar-refractivity contribution in [2.45, 2.75) is 71.4 Å². The zero-order valence-corrected chi connectivity index (χ0v) is 13.3. The fourth-order valence-electron chi connectivity index (χ4n) is 6.45. The summed E-state index contributed by atoms with van der Waals surface area (Å²) in [6, 6.07) is 0. The summed E-state index contributed by atoms with van der Waals surface area (Å²) in [5.74, 6) is 1.43. The Morgan fingerprint density at radius 1 is 1.14 bits per heavy atom. The normalized spacial score (nSPS) is 52.7. The van der Waals surface area contributed by atoms with Crippen LogP contribution in [0.4, 0.5) is 4.39 Å². The van der Waals surface area contributed by atoms with Crippen LogP contribution in [0, 0.1) is 28.6 Å². The molecule has 0 saturated heterocycles. The van der Waals surface area contributed by atoms with Gasteiger partial charge in [0.1, 0.15) is 0 Å². The molecule has 3 unspecified atom stereocenters. The SMILES string of the molecule is C[C@]12CCCCC1=CCC1C2CC[C@]2(C)C(=O)[C@H](F)CC12. The van der Waals surface area contributed by atoms with Crippen molar-refractivity contribution in [3.05, 3.63) is 11.6 Å². The van der Waals surface area contributed by atoms with Crippen molar-refractivity contribution in [3.63, 3.8) is 0 Å². The number of halogens is 1. The molecule has 0 bridgehead atoms. The number of fused-ring (bicyclic) bond motifs is 5. The lowest BCUT2D eigenvalue weighted by Gasteiger charge is -2.56. The van der Waals surface area contributed by atoms with Crippen LogP contribution < -0.4 is 0 Å². The minimum atomic E-state index is -1.19. The van der Waals surface area contributed by atoms with E-state index < -0.39 is 6.17 Å². The van der Waals surface area contributed by atoms with Crippen LogP contribution in [0.5, 0.6) is 0 Å². The Morgan fingerprint density at radius 3 is 2.76 bits per heavy atom. The van der Waals surface area contributed by atoms with Crippen LogP contribution in [0.3, 0.4) is 0 Å². The van der Waals surface area contributed by atoms with Gasteiger partial charge in [0.05, 0.1) is 0 Å². The molecule has 4 aliphatic rings. The molecule has 6 atom stereocenters. The first-order valence-corrected chi connectivity index (χ1v) is 8.85. The Bertz CT molecular complexity index is 510. The number of hydrogen-bond donors (Lipinski definition) is 0.